The molecule has 2 heterocycles. The number of hydrogen-bond donors (Lipinski definition) is 2. The molecule has 0 aliphatic carbocycles. The van der Waals surface area contributed by atoms with Gasteiger partial charge in [-0.2, -0.15) is 0 Å². The fourth-order valence-corrected chi connectivity index (χ4v) is 3.79. The Kier molecular flexibility index (Phi) is 4.90. The number of hydrogen-bond acceptors (Lipinski definition) is 4. The maximum absolute atomic E-state index is 12.1. The number of fused-ring (bicyclic) bond motifs is 1. The lowest BCUT2D eigenvalue weighted by Gasteiger charge is -2.24. The molecule has 22 heavy (non-hydrogen) atoms. The van der Waals surface area contributed by atoms with E-state index >= 15 is 0 Å². The number of carbonyl (C=O) groups is 2. The van der Waals surface area contributed by atoms with E-state index in [2.05, 4.69) is 10.6 Å². The van der Waals surface area contributed by atoms with Crippen LogP contribution >= 0.6 is 23.4 Å². The van der Waals surface area contributed by atoms with Gasteiger partial charge in [0.1, 0.15) is 0 Å². The highest BCUT2D eigenvalue weighted by Crippen LogP contribution is 2.38. The van der Waals surface area contributed by atoms with Crippen molar-refractivity contribution in [2.75, 3.05) is 18.5 Å². The molecule has 2 aliphatic heterocycles. The summed E-state index contributed by atoms with van der Waals surface area (Å²) in [6.07, 6.45) is 2.29. The topological polar surface area (TPSA) is 67.4 Å². The lowest BCUT2D eigenvalue weighted by molar-refractivity contribution is -0.124. The first kappa shape index (κ1) is 15.6. The minimum atomic E-state index is -0.418. The Morgan fingerprint density at radius 2 is 2.36 bits per heavy atom. The summed E-state index contributed by atoms with van der Waals surface area (Å²) >= 11 is 7.31. The van der Waals surface area contributed by atoms with Crippen LogP contribution in [-0.4, -0.2) is 36.3 Å². The summed E-state index contributed by atoms with van der Waals surface area (Å²) in [6, 6.07) is 5.36. The average molecular weight is 341 g/mol. The third-order valence-corrected chi connectivity index (χ3v) is 5.19. The molecule has 1 aromatic rings. The fourth-order valence-electron chi connectivity index (χ4n) is 2.53. The molecule has 2 unspecified atom stereocenters. The van der Waals surface area contributed by atoms with Gasteiger partial charge in [-0.15, -0.1) is 11.8 Å². The van der Waals surface area contributed by atoms with Crippen LogP contribution in [0, 0.1) is 0 Å². The first-order chi connectivity index (χ1) is 10.6. The first-order valence-corrected chi connectivity index (χ1v) is 8.53. The van der Waals surface area contributed by atoms with Crippen molar-refractivity contribution in [2.24, 2.45) is 0 Å². The largest absolute Gasteiger partial charge is 0.376 e. The molecule has 2 atom stereocenters. The molecule has 2 amide bonds. The molecule has 1 fully saturated rings. The summed E-state index contributed by atoms with van der Waals surface area (Å²) in [5.41, 5.74) is 0.707. The van der Waals surface area contributed by atoms with E-state index in [0.29, 0.717) is 17.3 Å². The van der Waals surface area contributed by atoms with Crippen LogP contribution in [0.4, 0.5) is 5.69 Å². The molecule has 118 valence electrons. The molecule has 5 nitrogen and oxygen atoms in total. The lowest BCUT2D eigenvalue weighted by atomic mass is 10.2. The van der Waals surface area contributed by atoms with E-state index in [1.54, 1.807) is 12.1 Å². The molecule has 1 saturated heterocycles. The van der Waals surface area contributed by atoms with Gasteiger partial charge in [-0.05, 0) is 31.0 Å². The van der Waals surface area contributed by atoms with Crippen molar-refractivity contribution in [3.8, 4) is 0 Å². The van der Waals surface area contributed by atoms with Crippen LogP contribution < -0.4 is 10.6 Å². The molecular weight excluding hydrogens is 324 g/mol. The molecule has 0 spiro atoms. The van der Waals surface area contributed by atoms with Gasteiger partial charge < -0.3 is 15.4 Å². The number of rotatable bonds is 4. The predicted molar refractivity (Wildman–Crippen MR) is 86.3 cm³/mol. The lowest BCUT2D eigenvalue weighted by Crippen LogP contribution is -2.37. The number of anilines is 1. The Bertz CT molecular complexity index is 590. The molecule has 7 heteroatoms. The molecule has 0 radical (unpaired) electrons. The van der Waals surface area contributed by atoms with Crippen LogP contribution in [0.25, 0.3) is 0 Å². The summed E-state index contributed by atoms with van der Waals surface area (Å²) in [5.74, 6) is -0.285. The van der Waals surface area contributed by atoms with Gasteiger partial charge >= 0.3 is 0 Å². The second-order valence-electron chi connectivity index (χ2n) is 5.38. The number of carbonyl (C=O) groups excluding carboxylic acids is 2. The molecule has 1 aromatic carbocycles. The Balaban J connectivity index is 1.55. The minimum Gasteiger partial charge on any atom is -0.376 e. The molecule has 2 aliphatic rings. The van der Waals surface area contributed by atoms with Crippen LogP contribution in [0.5, 0.6) is 0 Å². The normalized spacial score (nSPS) is 23.8. The molecule has 3 rings (SSSR count). The van der Waals surface area contributed by atoms with Gasteiger partial charge in [0.05, 0.1) is 17.0 Å². The summed E-state index contributed by atoms with van der Waals surface area (Å²) in [4.78, 5) is 25.0. The van der Waals surface area contributed by atoms with E-state index in [1.165, 1.54) is 11.8 Å². The second kappa shape index (κ2) is 6.89. The maximum atomic E-state index is 12.1. The quantitative estimate of drug-likeness (QED) is 0.883. The number of benzene rings is 1. The van der Waals surface area contributed by atoms with Crippen molar-refractivity contribution in [1.29, 1.82) is 0 Å². The smallest absolute Gasteiger partial charge is 0.238 e. The zero-order valence-corrected chi connectivity index (χ0v) is 13.5. The van der Waals surface area contributed by atoms with Gasteiger partial charge in [0.2, 0.25) is 11.8 Å². The number of ether oxygens (including phenoxy) is 1. The van der Waals surface area contributed by atoms with Gasteiger partial charge in [-0.25, -0.2) is 0 Å². The van der Waals surface area contributed by atoms with Gasteiger partial charge in [0, 0.05) is 29.5 Å². The Morgan fingerprint density at radius 3 is 3.14 bits per heavy atom. The van der Waals surface area contributed by atoms with Gasteiger partial charge in [0.25, 0.3) is 0 Å². The number of halogens is 1. The number of amides is 2. The fraction of sp³-hybridized carbons (Fsp3) is 0.467. The van der Waals surface area contributed by atoms with Crippen LogP contribution in [0.1, 0.15) is 19.3 Å². The highest BCUT2D eigenvalue weighted by Gasteiger charge is 2.29. The van der Waals surface area contributed by atoms with Crippen molar-refractivity contribution in [1.82, 2.24) is 5.32 Å². The highest BCUT2D eigenvalue weighted by molar-refractivity contribution is 8.01. The van der Waals surface area contributed by atoms with E-state index < -0.39 is 5.25 Å². The summed E-state index contributed by atoms with van der Waals surface area (Å²) < 4.78 is 5.46. The highest BCUT2D eigenvalue weighted by atomic mass is 35.5. The van der Waals surface area contributed by atoms with Crippen LogP contribution in [0.2, 0.25) is 5.02 Å². The summed E-state index contributed by atoms with van der Waals surface area (Å²) in [6.45, 7) is 1.28. The third-order valence-electron chi connectivity index (χ3n) is 3.68. The molecular formula is C15H17ClN2O3S. The summed E-state index contributed by atoms with van der Waals surface area (Å²) in [5, 5.41) is 5.81. The van der Waals surface area contributed by atoms with Crippen LogP contribution in [0.15, 0.2) is 23.1 Å². The molecule has 0 saturated carbocycles. The van der Waals surface area contributed by atoms with Crippen LogP contribution in [0.3, 0.4) is 0 Å². The van der Waals surface area contributed by atoms with Crippen LogP contribution in [-0.2, 0) is 14.3 Å². The van der Waals surface area contributed by atoms with Gasteiger partial charge in [-0.1, -0.05) is 11.6 Å². The Morgan fingerprint density at radius 1 is 1.50 bits per heavy atom. The third kappa shape index (κ3) is 3.74. The van der Waals surface area contributed by atoms with E-state index in [0.717, 1.165) is 24.3 Å². The second-order valence-corrected chi connectivity index (χ2v) is 7.06. The maximum Gasteiger partial charge on any atom is 0.238 e. The SMILES string of the molecule is O=C(CC1Sc2ccc(Cl)cc2NC1=O)NCC1CCCO1. The molecule has 2 N–H and O–H groups in total. The van der Waals surface area contributed by atoms with E-state index in [4.69, 9.17) is 16.3 Å². The van der Waals surface area contributed by atoms with Crippen molar-refractivity contribution >= 4 is 40.9 Å². The number of nitrogens with one attached hydrogen (secondary N) is 2. The first-order valence-electron chi connectivity index (χ1n) is 7.27. The zero-order valence-electron chi connectivity index (χ0n) is 11.9. The van der Waals surface area contributed by atoms with E-state index in [1.807, 2.05) is 6.07 Å². The van der Waals surface area contributed by atoms with E-state index in [9.17, 15) is 9.59 Å². The summed E-state index contributed by atoms with van der Waals surface area (Å²) in [7, 11) is 0. The monoisotopic (exact) mass is 340 g/mol. The standard InChI is InChI=1S/C15H17ClN2O3S/c16-9-3-4-12-11(6-9)18-15(20)13(22-12)7-14(19)17-8-10-2-1-5-21-10/h3-4,6,10,13H,1-2,5,7-8H2,(H,17,19)(H,18,20). The zero-order chi connectivity index (χ0) is 15.5. The van der Waals surface area contributed by atoms with Gasteiger partial charge in [-0.3, -0.25) is 9.59 Å². The Hall–Kier alpha value is -1.24. The number of thioether (sulfide) groups is 1. The van der Waals surface area contributed by atoms with Crippen molar-refractivity contribution in [3.63, 3.8) is 0 Å². The van der Waals surface area contributed by atoms with Gasteiger partial charge in [0.15, 0.2) is 0 Å². The molecule has 0 bridgehead atoms. The Labute approximate surface area is 138 Å². The van der Waals surface area contributed by atoms with Crippen molar-refractivity contribution < 1.29 is 14.3 Å². The predicted octanol–water partition coefficient (Wildman–Crippen LogP) is 2.44. The average Bonchev–Trinajstić information content (AvgIpc) is 2.99. The minimum absolute atomic E-state index is 0.111. The van der Waals surface area contributed by atoms with E-state index in [-0.39, 0.29) is 24.3 Å². The molecule has 0 aromatic heterocycles. The van der Waals surface area contributed by atoms with Crippen molar-refractivity contribution in [3.05, 3.63) is 23.2 Å². The van der Waals surface area contributed by atoms with Crippen molar-refractivity contribution in [2.45, 2.75) is 35.5 Å².